The number of aromatic nitrogens is 4. The van der Waals surface area contributed by atoms with E-state index >= 15 is 0 Å². The Hall–Kier alpha value is -3.73. The number of fused-ring (bicyclic) bond motifs is 2. The van der Waals surface area contributed by atoms with Gasteiger partial charge in [-0.1, -0.05) is 26.0 Å². The molecular formula is C25H27F3N4O4. The summed E-state index contributed by atoms with van der Waals surface area (Å²) in [4.78, 5) is 37.1. The van der Waals surface area contributed by atoms with Crippen LogP contribution in [0.2, 0.25) is 0 Å². The number of imidazole rings is 1. The van der Waals surface area contributed by atoms with Gasteiger partial charge in [0, 0.05) is 46.9 Å². The van der Waals surface area contributed by atoms with Crippen LogP contribution in [0.5, 0.6) is 0 Å². The van der Waals surface area contributed by atoms with Crippen molar-refractivity contribution >= 4 is 33.8 Å². The van der Waals surface area contributed by atoms with Crippen molar-refractivity contribution in [2.75, 3.05) is 6.61 Å². The number of aliphatic hydroxyl groups excluding tert-OH is 1. The minimum atomic E-state index is -5.08. The fraction of sp³-hybridized carbons (Fsp3) is 0.360. The predicted octanol–water partition coefficient (Wildman–Crippen LogP) is 5.28. The molecule has 36 heavy (non-hydrogen) atoms. The van der Waals surface area contributed by atoms with Gasteiger partial charge in [-0.25, -0.2) is 14.8 Å². The maximum atomic E-state index is 12.7. The molecule has 11 heteroatoms. The first-order chi connectivity index (χ1) is 16.9. The third-order valence-electron chi connectivity index (χ3n) is 5.52. The number of carbonyl (C=O) groups excluding carboxylic acids is 1. The molecule has 1 atom stereocenters. The number of benzene rings is 1. The summed E-state index contributed by atoms with van der Waals surface area (Å²) in [6, 6.07) is 9.77. The lowest BCUT2D eigenvalue weighted by molar-refractivity contribution is -0.192. The normalized spacial score (nSPS) is 12.6. The van der Waals surface area contributed by atoms with E-state index in [-0.39, 0.29) is 18.3 Å². The van der Waals surface area contributed by atoms with Gasteiger partial charge >= 0.3 is 12.1 Å². The Bertz CT molecular complexity index is 1370. The maximum absolute atomic E-state index is 12.7. The van der Waals surface area contributed by atoms with Gasteiger partial charge in [-0.15, -0.1) is 0 Å². The molecule has 192 valence electrons. The molecule has 4 rings (SSSR count). The van der Waals surface area contributed by atoms with Crippen LogP contribution in [-0.4, -0.2) is 54.7 Å². The van der Waals surface area contributed by atoms with Crippen LogP contribution in [-0.2, 0) is 4.79 Å². The molecule has 3 aromatic heterocycles. The predicted molar refractivity (Wildman–Crippen MR) is 129 cm³/mol. The van der Waals surface area contributed by atoms with Crippen molar-refractivity contribution in [3.63, 3.8) is 0 Å². The highest BCUT2D eigenvalue weighted by Gasteiger charge is 2.38. The number of hydrogen-bond donors (Lipinski definition) is 4. The number of aromatic amines is 2. The Morgan fingerprint density at radius 1 is 1.11 bits per heavy atom. The molecular weight excluding hydrogens is 477 g/mol. The Morgan fingerprint density at radius 2 is 1.81 bits per heavy atom. The summed E-state index contributed by atoms with van der Waals surface area (Å²) in [5.74, 6) is -1.41. The number of Topliss-reactive ketones (excluding diaryl/α,β-unsaturated/α-hetero) is 1. The molecule has 8 nitrogen and oxygen atoms in total. The second-order valence-electron chi connectivity index (χ2n) is 8.97. The van der Waals surface area contributed by atoms with Gasteiger partial charge in [0.15, 0.2) is 11.4 Å². The Morgan fingerprint density at radius 3 is 2.42 bits per heavy atom. The number of hydrogen-bond acceptors (Lipinski definition) is 5. The summed E-state index contributed by atoms with van der Waals surface area (Å²) in [5, 5.41) is 17.8. The second kappa shape index (κ2) is 10.9. The first-order valence-electron chi connectivity index (χ1n) is 11.3. The third-order valence-corrected chi connectivity index (χ3v) is 5.52. The lowest BCUT2D eigenvalue weighted by Gasteiger charge is -2.15. The smallest absolute Gasteiger partial charge is 0.475 e. The first kappa shape index (κ1) is 26.9. The van der Waals surface area contributed by atoms with E-state index in [0.717, 1.165) is 39.9 Å². The molecule has 0 fully saturated rings. The number of aliphatic carboxylic acids is 1. The number of rotatable bonds is 7. The lowest BCUT2D eigenvalue weighted by atomic mass is 9.91. The fourth-order valence-corrected chi connectivity index (χ4v) is 3.97. The number of pyridine rings is 1. The van der Waals surface area contributed by atoms with E-state index < -0.39 is 12.1 Å². The average Bonchev–Trinajstić information content (AvgIpc) is 3.39. The molecule has 0 bridgehead atoms. The summed E-state index contributed by atoms with van der Waals surface area (Å²) in [6.45, 7) is 6.17. The summed E-state index contributed by atoms with van der Waals surface area (Å²) >= 11 is 0. The van der Waals surface area contributed by atoms with Gasteiger partial charge in [0.2, 0.25) is 0 Å². The number of nitrogens with zero attached hydrogens (tertiary/aromatic N) is 2. The molecule has 0 saturated carbocycles. The zero-order valence-electron chi connectivity index (χ0n) is 20.0. The van der Waals surface area contributed by atoms with Crippen molar-refractivity contribution in [3.8, 4) is 11.3 Å². The highest BCUT2D eigenvalue weighted by atomic mass is 19.4. The van der Waals surface area contributed by atoms with E-state index in [2.05, 4.69) is 39.8 Å². The van der Waals surface area contributed by atoms with Crippen LogP contribution in [0.25, 0.3) is 33.3 Å². The Labute approximate surface area is 204 Å². The van der Waals surface area contributed by atoms with Gasteiger partial charge in [0.1, 0.15) is 5.82 Å². The van der Waals surface area contributed by atoms with Crippen molar-refractivity contribution in [1.82, 2.24) is 19.9 Å². The lowest BCUT2D eigenvalue weighted by Crippen LogP contribution is -2.21. The van der Waals surface area contributed by atoms with E-state index in [9.17, 15) is 23.1 Å². The zero-order valence-corrected chi connectivity index (χ0v) is 20.0. The van der Waals surface area contributed by atoms with E-state index in [4.69, 9.17) is 9.90 Å². The van der Waals surface area contributed by atoms with Gasteiger partial charge < -0.3 is 20.2 Å². The van der Waals surface area contributed by atoms with E-state index in [1.54, 1.807) is 6.20 Å². The molecule has 0 unspecified atom stereocenters. The van der Waals surface area contributed by atoms with Gasteiger partial charge in [-0.2, -0.15) is 13.2 Å². The van der Waals surface area contributed by atoms with Crippen molar-refractivity contribution in [1.29, 1.82) is 0 Å². The molecule has 0 aliphatic rings. The first-order valence-corrected chi connectivity index (χ1v) is 11.3. The molecule has 0 aliphatic heterocycles. The largest absolute Gasteiger partial charge is 0.490 e. The number of carboxylic acid groups (broad SMARTS) is 1. The van der Waals surface area contributed by atoms with Crippen LogP contribution in [0.4, 0.5) is 13.2 Å². The zero-order chi connectivity index (χ0) is 26.6. The highest BCUT2D eigenvalue weighted by molar-refractivity contribution is 6.01. The number of aryl methyl sites for hydroxylation is 1. The van der Waals surface area contributed by atoms with Gasteiger partial charge in [-0.05, 0) is 43.4 Å². The molecule has 0 saturated heterocycles. The number of H-pyrrole nitrogens is 2. The van der Waals surface area contributed by atoms with Gasteiger partial charge in [0.05, 0.1) is 5.52 Å². The minimum absolute atomic E-state index is 0.00567. The molecule has 1 aromatic carbocycles. The van der Waals surface area contributed by atoms with Crippen molar-refractivity contribution < 1.29 is 33.0 Å². The van der Waals surface area contributed by atoms with Crippen molar-refractivity contribution in [2.24, 2.45) is 11.8 Å². The minimum Gasteiger partial charge on any atom is -0.475 e. The number of ketones is 1. The average molecular weight is 505 g/mol. The standard InChI is InChI=1S/C23H26N4O2.C2HF3O2/c1-13(2)8-15(12-28)9-21(29)17-5-4-16-10-20(27-19(16)11-17)18-6-7-24-23-22(18)25-14(3)26-23;3-2(4,5)1(6)7/h4-7,10-11,13,15,27-28H,8-9,12H2,1-3H3,(H,24,25,26);(H,6,7)/t15-;/m0./s1. The SMILES string of the molecule is Cc1nc2nccc(-c3cc4ccc(C(=O)C[C@@H](CO)CC(C)C)cc4[nH]3)c2[nH]1.O=C(O)C(F)(F)F. The van der Waals surface area contributed by atoms with Crippen molar-refractivity contribution in [3.05, 3.63) is 47.9 Å². The van der Waals surface area contributed by atoms with Gasteiger partial charge in [-0.3, -0.25) is 4.79 Å². The molecule has 0 spiro atoms. The van der Waals surface area contributed by atoms with Crippen LogP contribution in [0.1, 0.15) is 42.9 Å². The van der Waals surface area contributed by atoms with Crippen LogP contribution in [0, 0.1) is 18.8 Å². The quantitative estimate of drug-likeness (QED) is 0.253. The molecule has 0 amide bonds. The molecule has 4 aromatic rings. The van der Waals surface area contributed by atoms with Gasteiger partial charge in [0.25, 0.3) is 0 Å². The number of alkyl halides is 3. The number of carboxylic acids is 1. The van der Waals surface area contributed by atoms with Crippen LogP contribution >= 0.6 is 0 Å². The fourth-order valence-electron chi connectivity index (χ4n) is 3.97. The van der Waals surface area contributed by atoms with E-state index in [1.807, 2.05) is 31.2 Å². The second-order valence-corrected chi connectivity index (χ2v) is 8.97. The number of nitrogens with one attached hydrogen (secondary N) is 2. The van der Waals surface area contributed by atoms with E-state index in [1.165, 1.54) is 0 Å². The number of carbonyl (C=O) groups is 2. The number of halogens is 3. The summed E-state index contributed by atoms with van der Waals surface area (Å²) in [6.07, 6.45) is -2.12. The molecule has 3 heterocycles. The highest BCUT2D eigenvalue weighted by Crippen LogP contribution is 2.29. The molecule has 0 aliphatic carbocycles. The Kier molecular flexibility index (Phi) is 8.13. The van der Waals surface area contributed by atoms with Crippen LogP contribution in [0.3, 0.4) is 0 Å². The summed E-state index contributed by atoms with van der Waals surface area (Å²) in [5.41, 5.74) is 5.12. The Balaban J connectivity index is 0.000000454. The third kappa shape index (κ3) is 6.48. The van der Waals surface area contributed by atoms with Crippen LogP contribution < -0.4 is 0 Å². The monoisotopic (exact) mass is 504 g/mol. The van der Waals surface area contributed by atoms with Crippen molar-refractivity contribution in [2.45, 2.75) is 39.8 Å². The molecule has 4 N–H and O–H groups in total. The summed E-state index contributed by atoms with van der Waals surface area (Å²) < 4.78 is 31.7. The van der Waals surface area contributed by atoms with Crippen LogP contribution in [0.15, 0.2) is 36.5 Å². The maximum Gasteiger partial charge on any atom is 0.490 e. The number of aliphatic hydroxyl groups is 1. The topological polar surface area (TPSA) is 132 Å². The van der Waals surface area contributed by atoms with E-state index in [0.29, 0.717) is 23.5 Å². The summed E-state index contributed by atoms with van der Waals surface area (Å²) in [7, 11) is 0. The molecule has 0 radical (unpaired) electrons.